The number of ether oxygens (including phenoxy) is 2. The number of rotatable bonds is 5. The lowest BCUT2D eigenvalue weighted by Crippen LogP contribution is -2.56. The number of likely N-dealkylation sites (N-methyl/N-ethyl adjacent to an activating group) is 1. The Labute approximate surface area is 284 Å². The number of benzene rings is 2. The average Bonchev–Trinajstić information content (AvgIpc) is 3.62. The first kappa shape index (κ1) is 30.7. The van der Waals surface area contributed by atoms with Gasteiger partial charge in [0.25, 0.3) is 0 Å². The molecule has 10 rings (SSSR count). The molecule has 2 aromatic carbocycles. The van der Waals surface area contributed by atoms with E-state index >= 15 is 0 Å². The summed E-state index contributed by atoms with van der Waals surface area (Å²) in [4.78, 5) is 27.0. The quantitative estimate of drug-likeness (QED) is 0.223. The van der Waals surface area contributed by atoms with Gasteiger partial charge in [0.2, 0.25) is 0 Å². The SMILES string of the molecule is CCC1CN(C)[C@H]2Cc3c([nH]c4ccccc34)[C@@H](c3cc4c5c([nH]c4cc3OC)[C@@H]3C[C@H]4C[C@H](CC)[C@@H]3N(CC5)C4)C[C@@H]1[C@@H]2C(=O)OC. The molecule has 2 N–H and O–H groups in total. The molecule has 7 heteroatoms. The number of para-hydroxylation sites is 1. The van der Waals surface area contributed by atoms with Gasteiger partial charge in [-0.25, -0.2) is 0 Å². The average molecular weight is 649 g/mol. The Bertz CT molecular complexity index is 1870. The maximum Gasteiger partial charge on any atom is 0.310 e. The largest absolute Gasteiger partial charge is 0.496 e. The van der Waals surface area contributed by atoms with Crippen molar-refractivity contribution in [3.63, 3.8) is 0 Å². The molecule has 0 spiro atoms. The van der Waals surface area contributed by atoms with Gasteiger partial charge in [0.15, 0.2) is 0 Å². The second-order valence-electron chi connectivity index (χ2n) is 15.9. The zero-order valence-electron chi connectivity index (χ0n) is 29.4. The molecule has 0 amide bonds. The molecule has 10 atom stereocenters. The Balaban J connectivity index is 1.24. The van der Waals surface area contributed by atoms with Gasteiger partial charge in [0.05, 0.1) is 20.1 Å². The van der Waals surface area contributed by atoms with E-state index in [-0.39, 0.29) is 29.8 Å². The van der Waals surface area contributed by atoms with Crippen molar-refractivity contribution < 1.29 is 14.3 Å². The van der Waals surface area contributed by atoms with Crippen LogP contribution in [0.1, 0.15) is 85.9 Å². The zero-order valence-corrected chi connectivity index (χ0v) is 29.4. The van der Waals surface area contributed by atoms with Gasteiger partial charge in [0, 0.05) is 88.4 Å². The molecule has 3 saturated heterocycles. The van der Waals surface area contributed by atoms with Crippen molar-refractivity contribution in [1.29, 1.82) is 0 Å². The van der Waals surface area contributed by atoms with Crippen LogP contribution in [0.4, 0.5) is 0 Å². The van der Waals surface area contributed by atoms with Crippen molar-refractivity contribution in [2.24, 2.45) is 29.6 Å². The first-order chi connectivity index (χ1) is 23.4. The number of esters is 1. The molecule has 7 nitrogen and oxygen atoms in total. The number of methoxy groups -OCH3 is 2. The third kappa shape index (κ3) is 4.49. The van der Waals surface area contributed by atoms with Crippen LogP contribution >= 0.6 is 0 Å². The van der Waals surface area contributed by atoms with E-state index in [1.54, 1.807) is 7.11 Å². The van der Waals surface area contributed by atoms with Gasteiger partial charge in [-0.15, -0.1) is 0 Å². The number of aromatic amines is 2. The van der Waals surface area contributed by atoms with Crippen LogP contribution in [0.3, 0.4) is 0 Å². The summed E-state index contributed by atoms with van der Waals surface area (Å²) in [5.41, 5.74) is 9.30. The second kappa shape index (κ2) is 11.7. The summed E-state index contributed by atoms with van der Waals surface area (Å²) >= 11 is 0. The van der Waals surface area contributed by atoms with Gasteiger partial charge in [-0.1, -0.05) is 44.9 Å². The van der Waals surface area contributed by atoms with Crippen molar-refractivity contribution in [2.75, 3.05) is 40.9 Å². The Morgan fingerprint density at radius 1 is 0.917 bits per heavy atom. The Morgan fingerprint density at radius 3 is 2.52 bits per heavy atom. The summed E-state index contributed by atoms with van der Waals surface area (Å²) in [6.07, 6.45) is 7.84. The van der Waals surface area contributed by atoms with Gasteiger partial charge in [0.1, 0.15) is 5.75 Å². The van der Waals surface area contributed by atoms with Crippen molar-refractivity contribution in [3.8, 4) is 5.75 Å². The maximum atomic E-state index is 13.8. The van der Waals surface area contributed by atoms with Crippen LogP contribution in [0, 0.1) is 29.6 Å². The first-order valence-electron chi connectivity index (χ1n) is 18.8. The van der Waals surface area contributed by atoms with Crippen molar-refractivity contribution in [1.82, 2.24) is 19.8 Å². The lowest BCUT2D eigenvalue weighted by atomic mass is 9.64. The first-order valence-corrected chi connectivity index (χ1v) is 18.8. The highest BCUT2D eigenvalue weighted by Gasteiger charge is 2.51. The van der Waals surface area contributed by atoms with Crippen LogP contribution in [0.5, 0.6) is 5.75 Å². The third-order valence-corrected chi connectivity index (χ3v) is 13.9. The monoisotopic (exact) mass is 648 g/mol. The van der Waals surface area contributed by atoms with Crippen molar-refractivity contribution in [2.45, 2.75) is 82.7 Å². The zero-order chi connectivity index (χ0) is 32.8. The van der Waals surface area contributed by atoms with Crippen LogP contribution in [0.25, 0.3) is 21.8 Å². The number of nitrogens with zero attached hydrogens (tertiary/aromatic N) is 2. The number of carbonyl (C=O) groups is 1. The second-order valence-corrected chi connectivity index (χ2v) is 15.9. The number of aromatic nitrogens is 2. The molecule has 0 radical (unpaired) electrons. The van der Waals surface area contributed by atoms with E-state index in [1.807, 2.05) is 7.11 Å². The van der Waals surface area contributed by atoms with Crippen LogP contribution < -0.4 is 4.74 Å². The minimum atomic E-state index is -0.170. The Hall–Kier alpha value is -3.29. The predicted octanol–water partition coefficient (Wildman–Crippen LogP) is 7.24. The van der Waals surface area contributed by atoms with Crippen LogP contribution in [0.15, 0.2) is 36.4 Å². The van der Waals surface area contributed by atoms with Crippen molar-refractivity contribution >= 4 is 27.8 Å². The molecule has 2 aromatic heterocycles. The molecule has 6 heterocycles. The third-order valence-electron chi connectivity index (χ3n) is 13.9. The molecule has 6 aliphatic rings. The maximum absolute atomic E-state index is 13.8. The minimum absolute atomic E-state index is 0.0591. The van der Waals surface area contributed by atoms with E-state index in [9.17, 15) is 4.79 Å². The number of nitrogens with one attached hydrogen (secondary N) is 2. The molecule has 6 bridgehead atoms. The summed E-state index contributed by atoms with van der Waals surface area (Å²) in [5.74, 6) is 3.62. The van der Waals surface area contributed by atoms with E-state index in [0.717, 1.165) is 56.4 Å². The lowest BCUT2D eigenvalue weighted by molar-refractivity contribution is -0.155. The van der Waals surface area contributed by atoms with Crippen molar-refractivity contribution in [3.05, 3.63) is 64.5 Å². The summed E-state index contributed by atoms with van der Waals surface area (Å²) in [7, 11) is 5.61. The van der Waals surface area contributed by atoms with Gasteiger partial charge in [-0.3, -0.25) is 9.69 Å². The molecular formula is C41H52N4O3. The highest BCUT2D eigenvalue weighted by Crippen LogP contribution is 2.53. The van der Waals surface area contributed by atoms with E-state index in [1.165, 1.54) is 75.7 Å². The molecule has 48 heavy (non-hydrogen) atoms. The number of hydrogen-bond acceptors (Lipinski definition) is 5. The van der Waals surface area contributed by atoms with Gasteiger partial charge in [-0.05, 0) is 86.1 Å². The van der Waals surface area contributed by atoms with Crippen LogP contribution in [0.2, 0.25) is 0 Å². The summed E-state index contributed by atoms with van der Waals surface area (Å²) in [6, 6.07) is 14.3. The fraction of sp³-hybridized carbons (Fsp3) is 0.585. The van der Waals surface area contributed by atoms with E-state index in [4.69, 9.17) is 9.47 Å². The smallest absolute Gasteiger partial charge is 0.310 e. The topological polar surface area (TPSA) is 73.6 Å². The number of carbonyl (C=O) groups excluding carboxylic acids is 1. The van der Waals surface area contributed by atoms with Gasteiger partial charge in [-0.2, -0.15) is 0 Å². The molecular weight excluding hydrogens is 596 g/mol. The molecule has 2 aliphatic carbocycles. The molecule has 1 saturated carbocycles. The predicted molar refractivity (Wildman–Crippen MR) is 191 cm³/mol. The van der Waals surface area contributed by atoms with E-state index in [0.29, 0.717) is 17.9 Å². The number of H-pyrrole nitrogens is 2. The van der Waals surface area contributed by atoms with E-state index in [2.05, 4.69) is 77.1 Å². The van der Waals surface area contributed by atoms with Crippen LogP contribution in [-0.4, -0.2) is 78.7 Å². The highest BCUT2D eigenvalue weighted by atomic mass is 16.5. The summed E-state index contributed by atoms with van der Waals surface area (Å²) in [5, 5.41) is 2.64. The minimum Gasteiger partial charge on any atom is -0.496 e. The summed E-state index contributed by atoms with van der Waals surface area (Å²) < 4.78 is 11.9. The number of fused-ring (bicyclic) bond motifs is 9. The van der Waals surface area contributed by atoms with E-state index < -0.39 is 0 Å². The molecule has 4 fully saturated rings. The molecule has 2 unspecified atom stereocenters. The normalized spacial score (nSPS) is 34.3. The number of hydrogen-bond donors (Lipinski definition) is 2. The highest BCUT2D eigenvalue weighted by molar-refractivity contribution is 5.89. The standard InChI is InChI=1S/C41H52N4O3/c1-6-23-14-22-15-32-38-26(12-13-45(20-22)40(23)32)28-17-29(36(47-4)19-34(28)43-38)30-16-27-24(7-2)21-44(3)35(37(27)41(46)48-5)18-31-25-10-8-9-11-33(25)42-39(30)31/h8-11,17,19,22-24,27,30,32,35,37,40,42-43H,6-7,12-16,18,20-21H2,1-5H3/t22-,23+,24?,27+,30-,32+,35+,37+,40+/m1/s1. The number of likely N-dealkylation sites (tertiary alicyclic amines) is 1. The molecule has 4 aromatic rings. The molecule has 4 aliphatic heterocycles. The van der Waals surface area contributed by atoms with Gasteiger partial charge >= 0.3 is 5.97 Å². The lowest BCUT2D eigenvalue weighted by Gasteiger charge is -2.53. The van der Waals surface area contributed by atoms with Gasteiger partial charge < -0.3 is 24.3 Å². The fourth-order valence-electron chi connectivity index (χ4n) is 11.8. The molecule has 254 valence electrons. The fourth-order valence-corrected chi connectivity index (χ4v) is 11.8. The number of piperidine rings is 3. The van der Waals surface area contributed by atoms with Crippen LogP contribution in [-0.2, 0) is 22.4 Å². The summed E-state index contributed by atoms with van der Waals surface area (Å²) in [6.45, 7) is 8.13. The Kier molecular flexibility index (Phi) is 7.47. The Morgan fingerprint density at radius 2 is 1.73 bits per heavy atom.